The van der Waals surface area contributed by atoms with Gasteiger partial charge in [-0.25, -0.2) is 0 Å². The molecule has 3 nitrogen and oxygen atoms in total. The summed E-state index contributed by atoms with van der Waals surface area (Å²) < 4.78 is 0. The van der Waals surface area contributed by atoms with Crippen LogP contribution >= 0.6 is 0 Å². The van der Waals surface area contributed by atoms with Crippen molar-refractivity contribution in [1.29, 1.82) is 0 Å². The third-order valence-corrected chi connectivity index (χ3v) is 3.30. The highest BCUT2D eigenvalue weighted by atomic mass is 15.1. The second kappa shape index (κ2) is 7.41. The van der Waals surface area contributed by atoms with Gasteiger partial charge < -0.3 is 5.32 Å². The summed E-state index contributed by atoms with van der Waals surface area (Å²) in [4.78, 5) is 6.99. The fourth-order valence-corrected chi connectivity index (χ4v) is 2.22. The largest absolute Gasteiger partial charge is 0.312 e. The molecule has 104 valence electrons. The molecule has 0 fully saturated rings. The molecule has 1 aromatic heterocycles. The average molecular weight is 259 g/mol. The quantitative estimate of drug-likeness (QED) is 0.796. The van der Waals surface area contributed by atoms with Crippen molar-refractivity contribution in [3.05, 3.63) is 41.7 Å². The molecule has 1 N–H and O–H groups in total. The van der Waals surface area contributed by atoms with Crippen molar-refractivity contribution in [1.82, 2.24) is 15.2 Å². The number of hydrogen-bond acceptors (Lipinski definition) is 3. The van der Waals surface area contributed by atoms with Crippen molar-refractivity contribution in [2.75, 3.05) is 19.6 Å². The monoisotopic (exact) mass is 259 g/mol. The normalized spacial score (nSPS) is 16.2. The Morgan fingerprint density at radius 1 is 1.32 bits per heavy atom. The summed E-state index contributed by atoms with van der Waals surface area (Å²) >= 11 is 0. The van der Waals surface area contributed by atoms with E-state index < -0.39 is 0 Å². The van der Waals surface area contributed by atoms with Crippen LogP contribution in [0.3, 0.4) is 0 Å². The van der Waals surface area contributed by atoms with Crippen LogP contribution in [0.2, 0.25) is 0 Å². The maximum atomic E-state index is 4.56. The predicted molar refractivity (Wildman–Crippen MR) is 79.8 cm³/mol. The predicted octanol–water partition coefficient (Wildman–Crippen LogP) is 2.59. The van der Waals surface area contributed by atoms with Crippen molar-refractivity contribution >= 4 is 0 Å². The lowest BCUT2D eigenvalue weighted by Crippen LogP contribution is -2.27. The molecule has 0 saturated carbocycles. The molecule has 0 unspecified atom stereocenters. The van der Waals surface area contributed by atoms with E-state index >= 15 is 0 Å². The molecule has 0 amide bonds. The highest BCUT2D eigenvalue weighted by Gasteiger charge is 2.07. The van der Waals surface area contributed by atoms with Crippen LogP contribution in [0.1, 0.15) is 31.5 Å². The second-order valence-corrected chi connectivity index (χ2v) is 5.68. The first-order valence-corrected chi connectivity index (χ1v) is 7.26. The van der Waals surface area contributed by atoms with Crippen LogP contribution in [0.5, 0.6) is 0 Å². The third-order valence-electron chi connectivity index (χ3n) is 3.30. The Morgan fingerprint density at radius 2 is 2.21 bits per heavy atom. The van der Waals surface area contributed by atoms with Crippen LogP contribution in [0.15, 0.2) is 30.5 Å². The van der Waals surface area contributed by atoms with Gasteiger partial charge in [0.15, 0.2) is 0 Å². The van der Waals surface area contributed by atoms with E-state index in [4.69, 9.17) is 0 Å². The van der Waals surface area contributed by atoms with Crippen molar-refractivity contribution in [2.45, 2.75) is 33.4 Å². The summed E-state index contributed by atoms with van der Waals surface area (Å²) in [6.45, 7) is 9.59. The van der Waals surface area contributed by atoms with Gasteiger partial charge in [-0.3, -0.25) is 9.88 Å². The van der Waals surface area contributed by atoms with E-state index in [0.29, 0.717) is 5.92 Å². The number of nitrogens with zero attached hydrogens (tertiary/aromatic N) is 2. The Morgan fingerprint density at radius 3 is 2.84 bits per heavy atom. The number of hydrogen-bond donors (Lipinski definition) is 1. The third kappa shape index (κ3) is 5.13. The molecule has 0 atom stereocenters. The van der Waals surface area contributed by atoms with E-state index in [-0.39, 0.29) is 0 Å². The SMILES string of the molecule is CC(C)CNCc1ccc(CN2CC=CCC2)nc1. The molecule has 0 radical (unpaired) electrons. The molecule has 3 heteroatoms. The molecule has 0 aliphatic carbocycles. The molecule has 2 heterocycles. The molecule has 1 aliphatic heterocycles. The van der Waals surface area contributed by atoms with Crippen molar-refractivity contribution < 1.29 is 0 Å². The van der Waals surface area contributed by atoms with E-state index in [1.54, 1.807) is 0 Å². The Kier molecular flexibility index (Phi) is 5.55. The summed E-state index contributed by atoms with van der Waals surface area (Å²) in [6, 6.07) is 4.35. The van der Waals surface area contributed by atoms with E-state index in [0.717, 1.165) is 39.1 Å². The molecule has 0 aromatic carbocycles. The van der Waals surface area contributed by atoms with Crippen molar-refractivity contribution in [3.63, 3.8) is 0 Å². The van der Waals surface area contributed by atoms with Gasteiger partial charge in [0.25, 0.3) is 0 Å². The van der Waals surface area contributed by atoms with Crippen LogP contribution in [0.25, 0.3) is 0 Å². The summed E-state index contributed by atoms with van der Waals surface area (Å²) in [7, 11) is 0. The lowest BCUT2D eigenvalue weighted by molar-refractivity contribution is 0.287. The first-order chi connectivity index (χ1) is 9.24. The van der Waals surface area contributed by atoms with Crippen molar-refractivity contribution in [2.24, 2.45) is 5.92 Å². The molecule has 1 aliphatic rings. The zero-order chi connectivity index (χ0) is 13.5. The zero-order valence-corrected chi connectivity index (χ0v) is 12.1. The molecule has 2 rings (SSSR count). The number of aromatic nitrogens is 1. The van der Waals surface area contributed by atoms with Gasteiger partial charge in [-0.1, -0.05) is 32.1 Å². The standard InChI is InChI=1S/C16H25N3/c1-14(2)10-17-11-15-6-7-16(18-12-15)13-19-8-4-3-5-9-19/h3-4,6-7,12,14,17H,5,8-11,13H2,1-2H3. The molecule has 0 bridgehead atoms. The van der Waals surface area contributed by atoms with Gasteiger partial charge in [0.2, 0.25) is 0 Å². The van der Waals surface area contributed by atoms with Crippen molar-refractivity contribution in [3.8, 4) is 0 Å². The minimum Gasteiger partial charge on any atom is -0.312 e. The summed E-state index contributed by atoms with van der Waals surface area (Å²) in [5.41, 5.74) is 2.44. The first kappa shape index (κ1) is 14.2. The summed E-state index contributed by atoms with van der Waals surface area (Å²) in [5.74, 6) is 0.694. The van der Waals surface area contributed by atoms with Gasteiger partial charge >= 0.3 is 0 Å². The topological polar surface area (TPSA) is 28.2 Å². The molecule has 0 saturated heterocycles. The van der Waals surface area contributed by atoms with Gasteiger partial charge in [0, 0.05) is 32.4 Å². The number of nitrogens with one attached hydrogen (secondary N) is 1. The van der Waals surface area contributed by atoms with Gasteiger partial charge in [0.05, 0.1) is 5.69 Å². The van der Waals surface area contributed by atoms with Gasteiger partial charge in [-0.2, -0.15) is 0 Å². The highest BCUT2D eigenvalue weighted by Crippen LogP contribution is 2.08. The molecule has 1 aromatic rings. The Labute approximate surface area is 116 Å². The Balaban J connectivity index is 1.79. The fourth-order valence-electron chi connectivity index (χ4n) is 2.22. The smallest absolute Gasteiger partial charge is 0.0544 e. The molecule has 19 heavy (non-hydrogen) atoms. The highest BCUT2D eigenvalue weighted by molar-refractivity contribution is 5.14. The summed E-state index contributed by atoms with van der Waals surface area (Å²) in [6.07, 6.45) is 7.67. The number of pyridine rings is 1. The van der Waals surface area contributed by atoms with Gasteiger partial charge in [0.1, 0.15) is 0 Å². The fraction of sp³-hybridized carbons (Fsp3) is 0.562. The van der Waals surface area contributed by atoms with Crippen LogP contribution in [0, 0.1) is 5.92 Å². The molecular formula is C16H25N3. The maximum Gasteiger partial charge on any atom is 0.0544 e. The van der Waals surface area contributed by atoms with Gasteiger partial charge in [-0.05, 0) is 30.5 Å². The minimum atomic E-state index is 0.694. The summed E-state index contributed by atoms with van der Waals surface area (Å²) in [5, 5.41) is 3.44. The first-order valence-electron chi connectivity index (χ1n) is 7.26. The van der Waals surface area contributed by atoms with E-state index in [9.17, 15) is 0 Å². The van der Waals surface area contributed by atoms with Crippen LogP contribution < -0.4 is 5.32 Å². The van der Waals surface area contributed by atoms with E-state index in [1.807, 2.05) is 6.20 Å². The Bertz CT molecular complexity index is 395. The second-order valence-electron chi connectivity index (χ2n) is 5.68. The lowest BCUT2D eigenvalue weighted by atomic mass is 10.2. The van der Waals surface area contributed by atoms with E-state index in [1.165, 1.54) is 11.3 Å². The average Bonchev–Trinajstić information content (AvgIpc) is 2.42. The Hall–Kier alpha value is -1.19. The minimum absolute atomic E-state index is 0.694. The van der Waals surface area contributed by atoms with Gasteiger partial charge in [-0.15, -0.1) is 0 Å². The van der Waals surface area contributed by atoms with E-state index in [2.05, 4.69) is 53.3 Å². The molecule has 0 spiro atoms. The number of rotatable bonds is 6. The lowest BCUT2D eigenvalue weighted by Gasteiger charge is -2.22. The zero-order valence-electron chi connectivity index (χ0n) is 12.1. The van der Waals surface area contributed by atoms with Crippen LogP contribution in [-0.2, 0) is 13.1 Å². The molecular weight excluding hydrogens is 234 g/mol. The maximum absolute atomic E-state index is 4.56. The van der Waals surface area contributed by atoms with Crippen LogP contribution in [0.4, 0.5) is 0 Å². The van der Waals surface area contributed by atoms with Crippen LogP contribution in [-0.4, -0.2) is 29.5 Å².